The quantitative estimate of drug-likeness (QED) is 0.282. The lowest BCUT2D eigenvalue weighted by atomic mass is 9.77. The van der Waals surface area contributed by atoms with Crippen molar-refractivity contribution in [3.63, 3.8) is 0 Å². The van der Waals surface area contributed by atoms with E-state index in [1.807, 2.05) is 62.4 Å². The van der Waals surface area contributed by atoms with Gasteiger partial charge in [-0.25, -0.2) is 13.4 Å². The monoisotopic (exact) mass is 584 g/mol. The first-order valence-corrected chi connectivity index (χ1v) is 16.2. The van der Waals surface area contributed by atoms with Crippen LogP contribution in [0.15, 0.2) is 94.4 Å². The standard InChI is InChI=1S/C34H36N2O5S/c1-3-40-27-17-13-24(14-18-27)23-26-9-8-12-30-31(26)35-36(32(30)25-15-19-28(20-16-25)41-4-2)33(37)34(21-22-34)42(38,39)29-10-6-5-7-11-29/h5-7,10-11,13-20,23,30,32H,3-4,8-9,12,21-22H2,1-2H3/b26-23-/t30-,32-/m1/s1. The minimum absolute atomic E-state index is 0.0372. The number of hydrazone groups is 1. The molecule has 1 aliphatic heterocycles. The Kier molecular flexibility index (Phi) is 7.66. The second kappa shape index (κ2) is 11.4. The van der Waals surface area contributed by atoms with Crippen LogP contribution in [-0.2, 0) is 14.6 Å². The van der Waals surface area contributed by atoms with E-state index in [9.17, 15) is 13.2 Å². The van der Waals surface area contributed by atoms with Gasteiger partial charge < -0.3 is 9.47 Å². The number of fused-ring (bicyclic) bond motifs is 1. The molecule has 8 heteroatoms. The number of carbonyl (C=O) groups is 1. The van der Waals surface area contributed by atoms with Gasteiger partial charge >= 0.3 is 0 Å². The Morgan fingerprint density at radius 2 is 1.55 bits per heavy atom. The van der Waals surface area contributed by atoms with Gasteiger partial charge in [-0.1, -0.05) is 42.5 Å². The first kappa shape index (κ1) is 28.2. The van der Waals surface area contributed by atoms with Crippen LogP contribution in [-0.4, -0.2) is 43.0 Å². The Bertz CT molecular complexity index is 1610. The van der Waals surface area contributed by atoms with Crippen LogP contribution in [0.3, 0.4) is 0 Å². The fourth-order valence-electron chi connectivity index (χ4n) is 6.20. The summed E-state index contributed by atoms with van der Waals surface area (Å²) in [7, 11) is -3.89. The molecule has 1 amide bonds. The zero-order valence-corrected chi connectivity index (χ0v) is 24.8. The van der Waals surface area contributed by atoms with E-state index < -0.39 is 26.5 Å². The zero-order chi connectivity index (χ0) is 29.3. The molecule has 6 rings (SSSR count). The average molecular weight is 585 g/mol. The van der Waals surface area contributed by atoms with E-state index in [1.54, 1.807) is 30.3 Å². The van der Waals surface area contributed by atoms with Gasteiger partial charge in [-0.3, -0.25) is 4.79 Å². The third kappa shape index (κ3) is 5.02. The van der Waals surface area contributed by atoms with Crippen LogP contribution in [0.1, 0.15) is 63.1 Å². The molecule has 2 saturated carbocycles. The van der Waals surface area contributed by atoms with E-state index >= 15 is 0 Å². The predicted octanol–water partition coefficient (Wildman–Crippen LogP) is 6.61. The van der Waals surface area contributed by atoms with E-state index in [1.165, 1.54) is 5.01 Å². The maximum Gasteiger partial charge on any atom is 0.265 e. The summed E-state index contributed by atoms with van der Waals surface area (Å²) >= 11 is 0. The summed E-state index contributed by atoms with van der Waals surface area (Å²) in [6.07, 6.45) is 5.38. The normalized spacial score (nSPS) is 21.9. The number of ether oxygens (including phenoxy) is 2. The minimum Gasteiger partial charge on any atom is -0.494 e. The lowest BCUT2D eigenvalue weighted by Crippen LogP contribution is -2.43. The fourth-order valence-corrected chi connectivity index (χ4v) is 8.13. The highest BCUT2D eigenvalue weighted by Gasteiger charge is 2.64. The minimum atomic E-state index is -3.89. The van der Waals surface area contributed by atoms with Crippen LogP contribution in [0.5, 0.6) is 11.5 Å². The van der Waals surface area contributed by atoms with Crippen molar-refractivity contribution in [2.45, 2.75) is 61.6 Å². The number of benzene rings is 3. The molecule has 3 aromatic carbocycles. The molecule has 1 heterocycles. The molecule has 3 aliphatic rings. The first-order valence-electron chi connectivity index (χ1n) is 14.8. The first-order chi connectivity index (χ1) is 20.4. The molecule has 0 aromatic heterocycles. The summed E-state index contributed by atoms with van der Waals surface area (Å²) in [6, 6.07) is 23.6. The van der Waals surface area contributed by atoms with Crippen LogP contribution in [0.2, 0.25) is 0 Å². The van der Waals surface area contributed by atoms with E-state index in [0.29, 0.717) is 26.1 Å². The number of hydrogen-bond acceptors (Lipinski definition) is 6. The average Bonchev–Trinajstić information content (AvgIpc) is 3.75. The van der Waals surface area contributed by atoms with Crippen molar-refractivity contribution < 1.29 is 22.7 Å². The molecule has 0 saturated heterocycles. The number of nitrogens with zero attached hydrogens (tertiary/aromatic N) is 2. The third-order valence-corrected chi connectivity index (χ3v) is 10.9. The van der Waals surface area contributed by atoms with Crippen LogP contribution in [0.25, 0.3) is 6.08 Å². The Labute approximate surface area is 247 Å². The summed E-state index contributed by atoms with van der Waals surface area (Å²) in [5.41, 5.74) is 3.91. The SMILES string of the molecule is CCOc1ccc(/C=C2/CCC[C@@H]3C2=NN(C(=O)C2(S(=O)(=O)c4ccccc4)CC2)[C@@H]3c2ccc(OCC)cc2)cc1. The molecular formula is C34H36N2O5S. The highest BCUT2D eigenvalue weighted by molar-refractivity contribution is 7.94. The molecule has 2 atom stereocenters. The van der Waals surface area contributed by atoms with Gasteiger partial charge in [-0.2, -0.15) is 5.10 Å². The van der Waals surface area contributed by atoms with Crippen molar-refractivity contribution >= 4 is 27.5 Å². The van der Waals surface area contributed by atoms with Crippen LogP contribution < -0.4 is 9.47 Å². The Morgan fingerprint density at radius 3 is 2.14 bits per heavy atom. The molecule has 7 nitrogen and oxygen atoms in total. The number of hydrogen-bond donors (Lipinski definition) is 0. The van der Waals surface area contributed by atoms with Gasteiger partial charge in [-0.15, -0.1) is 0 Å². The molecule has 3 aromatic rings. The molecule has 218 valence electrons. The molecular weight excluding hydrogens is 548 g/mol. The number of allylic oxidation sites excluding steroid dienone is 1. The summed E-state index contributed by atoms with van der Waals surface area (Å²) in [5.74, 6) is 1.10. The molecule has 0 spiro atoms. The Morgan fingerprint density at radius 1 is 0.929 bits per heavy atom. The highest BCUT2D eigenvalue weighted by Crippen LogP contribution is 2.52. The van der Waals surface area contributed by atoms with E-state index in [4.69, 9.17) is 14.6 Å². The summed E-state index contributed by atoms with van der Waals surface area (Å²) in [4.78, 5) is 14.6. The lowest BCUT2D eigenvalue weighted by Gasteiger charge is -2.31. The molecule has 2 aliphatic carbocycles. The molecule has 42 heavy (non-hydrogen) atoms. The fraction of sp³-hybridized carbons (Fsp3) is 0.353. The van der Waals surface area contributed by atoms with E-state index in [0.717, 1.165) is 53.2 Å². The van der Waals surface area contributed by atoms with Crippen molar-refractivity contribution in [1.29, 1.82) is 0 Å². The number of sulfone groups is 1. The highest BCUT2D eigenvalue weighted by atomic mass is 32.2. The van der Waals surface area contributed by atoms with Gasteiger partial charge in [0.05, 0.1) is 29.9 Å². The van der Waals surface area contributed by atoms with Gasteiger partial charge in [0, 0.05) is 5.92 Å². The maximum absolute atomic E-state index is 14.4. The molecule has 0 unspecified atom stereocenters. The van der Waals surface area contributed by atoms with Crippen molar-refractivity contribution in [3.05, 3.63) is 95.6 Å². The van der Waals surface area contributed by atoms with Crippen LogP contribution >= 0.6 is 0 Å². The van der Waals surface area contributed by atoms with Crippen LogP contribution in [0, 0.1) is 5.92 Å². The molecule has 0 N–H and O–H groups in total. The van der Waals surface area contributed by atoms with Crippen LogP contribution in [0.4, 0.5) is 0 Å². The summed E-state index contributed by atoms with van der Waals surface area (Å²) in [5, 5.41) is 6.48. The van der Waals surface area contributed by atoms with E-state index in [2.05, 4.69) is 6.08 Å². The third-order valence-electron chi connectivity index (χ3n) is 8.44. The second-order valence-electron chi connectivity index (χ2n) is 11.1. The second-order valence-corrected chi connectivity index (χ2v) is 13.3. The Balaban J connectivity index is 1.40. The molecule has 0 radical (unpaired) electrons. The van der Waals surface area contributed by atoms with Gasteiger partial charge in [-0.05, 0) is 105 Å². The summed E-state index contributed by atoms with van der Waals surface area (Å²) < 4.78 is 37.4. The van der Waals surface area contributed by atoms with Gasteiger partial charge in [0.25, 0.3) is 5.91 Å². The van der Waals surface area contributed by atoms with E-state index in [-0.39, 0.29) is 10.8 Å². The van der Waals surface area contributed by atoms with Crippen molar-refractivity contribution in [2.24, 2.45) is 11.0 Å². The summed E-state index contributed by atoms with van der Waals surface area (Å²) in [6.45, 7) is 5.06. The Hall–Kier alpha value is -3.91. The maximum atomic E-state index is 14.4. The largest absolute Gasteiger partial charge is 0.494 e. The van der Waals surface area contributed by atoms with Gasteiger partial charge in [0.1, 0.15) is 11.5 Å². The topological polar surface area (TPSA) is 85.3 Å². The van der Waals surface area contributed by atoms with Crippen molar-refractivity contribution in [3.8, 4) is 11.5 Å². The molecule has 2 fully saturated rings. The van der Waals surface area contributed by atoms with Crippen molar-refractivity contribution in [1.82, 2.24) is 5.01 Å². The number of rotatable bonds is 9. The predicted molar refractivity (Wildman–Crippen MR) is 163 cm³/mol. The zero-order valence-electron chi connectivity index (χ0n) is 24.0. The lowest BCUT2D eigenvalue weighted by molar-refractivity contribution is -0.134. The smallest absolute Gasteiger partial charge is 0.265 e. The van der Waals surface area contributed by atoms with Crippen molar-refractivity contribution in [2.75, 3.05) is 13.2 Å². The molecule has 0 bridgehead atoms. The van der Waals surface area contributed by atoms with Gasteiger partial charge in [0.2, 0.25) is 0 Å². The van der Waals surface area contributed by atoms with Gasteiger partial charge in [0.15, 0.2) is 14.6 Å². The number of carbonyl (C=O) groups excluding carboxylic acids is 1. The number of amides is 1.